The second-order valence-electron chi connectivity index (χ2n) is 4.51. The van der Waals surface area contributed by atoms with Crippen LogP contribution in [0.5, 0.6) is 11.5 Å². The Balaban J connectivity index is 2.64. The van der Waals surface area contributed by atoms with Crippen molar-refractivity contribution in [1.82, 2.24) is 9.78 Å². The molecule has 0 bridgehead atoms. The minimum atomic E-state index is -0.378. The predicted molar refractivity (Wildman–Crippen MR) is 77.7 cm³/mol. The predicted octanol–water partition coefficient (Wildman–Crippen LogP) is 1.76. The fourth-order valence-electron chi connectivity index (χ4n) is 2.01. The number of aromatic nitrogens is 2. The lowest BCUT2D eigenvalue weighted by atomic mass is 10.2. The van der Waals surface area contributed by atoms with Crippen LogP contribution in [0.3, 0.4) is 0 Å². The van der Waals surface area contributed by atoms with Crippen LogP contribution in [0.1, 0.15) is 23.1 Å². The van der Waals surface area contributed by atoms with Gasteiger partial charge in [0.2, 0.25) is 5.43 Å². The minimum Gasteiger partial charge on any atom is -0.493 e. The van der Waals surface area contributed by atoms with Gasteiger partial charge in [0.15, 0.2) is 23.0 Å². The summed E-state index contributed by atoms with van der Waals surface area (Å²) >= 11 is 0. The average molecular weight is 288 g/mol. The summed E-state index contributed by atoms with van der Waals surface area (Å²) in [6.45, 7) is 3.06. The van der Waals surface area contributed by atoms with Crippen LogP contribution in [0.25, 0.3) is 5.69 Å². The standard InChI is InChI=1S/C15H16N2O4/c1-9-7-12(19)15(10(2)18)16-17(9)11-5-6-13(20-3)14(8-11)21-4/h5-8H,1-4H3. The highest BCUT2D eigenvalue weighted by Crippen LogP contribution is 2.29. The van der Waals surface area contributed by atoms with Crippen LogP contribution < -0.4 is 14.9 Å². The number of carbonyl (C=O) groups is 1. The van der Waals surface area contributed by atoms with E-state index in [9.17, 15) is 9.59 Å². The highest BCUT2D eigenvalue weighted by molar-refractivity contribution is 5.91. The Morgan fingerprint density at radius 1 is 1.14 bits per heavy atom. The van der Waals surface area contributed by atoms with E-state index in [-0.39, 0.29) is 16.9 Å². The maximum atomic E-state index is 11.7. The number of hydrogen-bond acceptors (Lipinski definition) is 5. The first kappa shape index (κ1) is 14.8. The van der Waals surface area contributed by atoms with Gasteiger partial charge in [-0.1, -0.05) is 0 Å². The zero-order chi connectivity index (χ0) is 15.6. The fourth-order valence-corrected chi connectivity index (χ4v) is 2.01. The summed E-state index contributed by atoms with van der Waals surface area (Å²) in [6.07, 6.45) is 0. The molecule has 0 radical (unpaired) electrons. The van der Waals surface area contributed by atoms with E-state index in [0.717, 1.165) is 0 Å². The third kappa shape index (κ3) is 2.79. The van der Waals surface area contributed by atoms with E-state index in [1.54, 1.807) is 32.2 Å². The monoisotopic (exact) mass is 288 g/mol. The number of methoxy groups -OCH3 is 2. The lowest BCUT2D eigenvalue weighted by Gasteiger charge is -2.13. The van der Waals surface area contributed by atoms with E-state index in [2.05, 4.69) is 5.10 Å². The van der Waals surface area contributed by atoms with Crippen molar-refractivity contribution in [2.45, 2.75) is 13.8 Å². The number of benzene rings is 1. The van der Waals surface area contributed by atoms with E-state index in [1.165, 1.54) is 24.8 Å². The van der Waals surface area contributed by atoms with E-state index in [1.807, 2.05) is 0 Å². The molecule has 0 aliphatic rings. The molecule has 21 heavy (non-hydrogen) atoms. The zero-order valence-corrected chi connectivity index (χ0v) is 12.3. The van der Waals surface area contributed by atoms with Crippen LogP contribution in [0.4, 0.5) is 0 Å². The van der Waals surface area contributed by atoms with Crippen molar-refractivity contribution < 1.29 is 14.3 Å². The van der Waals surface area contributed by atoms with Gasteiger partial charge in [-0.25, -0.2) is 4.68 Å². The molecular formula is C15H16N2O4. The molecule has 6 nitrogen and oxygen atoms in total. The Hall–Kier alpha value is -2.63. The lowest BCUT2D eigenvalue weighted by Crippen LogP contribution is -2.21. The summed E-state index contributed by atoms with van der Waals surface area (Å²) in [4.78, 5) is 23.2. The first-order valence-electron chi connectivity index (χ1n) is 6.32. The minimum absolute atomic E-state index is 0.0876. The second-order valence-corrected chi connectivity index (χ2v) is 4.51. The van der Waals surface area contributed by atoms with Crippen molar-refractivity contribution in [3.05, 3.63) is 45.9 Å². The maximum absolute atomic E-state index is 11.7. The molecular weight excluding hydrogens is 272 g/mol. The number of rotatable bonds is 4. The summed E-state index contributed by atoms with van der Waals surface area (Å²) in [7, 11) is 3.09. The largest absolute Gasteiger partial charge is 0.493 e. The molecule has 0 aliphatic heterocycles. The normalized spacial score (nSPS) is 10.3. The molecule has 2 rings (SSSR count). The molecule has 1 heterocycles. The molecule has 0 saturated heterocycles. The van der Waals surface area contributed by atoms with Gasteiger partial charge in [0.05, 0.1) is 19.9 Å². The highest BCUT2D eigenvalue weighted by Gasteiger charge is 2.13. The van der Waals surface area contributed by atoms with Gasteiger partial charge in [0.1, 0.15) is 0 Å². The molecule has 0 aliphatic carbocycles. The van der Waals surface area contributed by atoms with Gasteiger partial charge >= 0.3 is 0 Å². The summed E-state index contributed by atoms with van der Waals surface area (Å²) < 4.78 is 12.0. The molecule has 0 unspecified atom stereocenters. The van der Waals surface area contributed by atoms with E-state index < -0.39 is 0 Å². The molecule has 0 saturated carbocycles. The van der Waals surface area contributed by atoms with Gasteiger partial charge in [-0.05, 0) is 19.1 Å². The van der Waals surface area contributed by atoms with E-state index >= 15 is 0 Å². The van der Waals surface area contributed by atoms with Crippen molar-refractivity contribution in [3.63, 3.8) is 0 Å². The Kier molecular flexibility index (Phi) is 4.07. The number of ether oxygens (including phenoxy) is 2. The van der Waals surface area contributed by atoms with Crippen molar-refractivity contribution in [2.75, 3.05) is 14.2 Å². The van der Waals surface area contributed by atoms with Gasteiger partial charge in [0.25, 0.3) is 0 Å². The highest BCUT2D eigenvalue weighted by atomic mass is 16.5. The zero-order valence-electron chi connectivity index (χ0n) is 12.3. The van der Waals surface area contributed by atoms with Gasteiger partial charge in [0, 0.05) is 24.8 Å². The number of aryl methyl sites for hydroxylation is 1. The smallest absolute Gasteiger partial charge is 0.211 e. The van der Waals surface area contributed by atoms with Crippen LogP contribution in [0, 0.1) is 6.92 Å². The van der Waals surface area contributed by atoms with E-state index in [4.69, 9.17) is 9.47 Å². The average Bonchev–Trinajstić information content (AvgIpc) is 2.46. The van der Waals surface area contributed by atoms with Crippen molar-refractivity contribution in [2.24, 2.45) is 0 Å². The molecule has 1 aromatic carbocycles. The Labute approximate surface area is 121 Å². The van der Waals surface area contributed by atoms with Crippen LogP contribution in [-0.4, -0.2) is 29.8 Å². The molecule has 0 spiro atoms. The Morgan fingerprint density at radius 3 is 2.38 bits per heavy atom. The topological polar surface area (TPSA) is 70.4 Å². The fraction of sp³-hybridized carbons (Fsp3) is 0.267. The summed E-state index contributed by atoms with van der Waals surface area (Å²) in [5.41, 5.74) is 0.831. The first-order valence-corrected chi connectivity index (χ1v) is 6.32. The third-order valence-electron chi connectivity index (χ3n) is 3.05. The van der Waals surface area contributed by atoms with Crippen LogP contribution in [0.15, 0.2) is 29.1 Å². The van der Waals surface area contributed by atoms with Crippen LogP contribution in [-0.2, 0) is 0 Å². The van der Waals surface area contributed by atoms with Gasteiger partial charge in [-0.15, -0.1) is 0 Å². The number of Topliss-reactive ketones (excluding diaryl/α,β-unsaturated/α-hetero) is 1. The quantitative estimate of drug-likeness (QED) is 0.802. The number of nitrogens with zero attached hydrogens (tertiary/aromatic N) is 2. The van der Waals surface area contributed by atoms with Crippen molar-refractivity contribution >= 4 is 5.78 Å². The number of carbonyl (C=O) groups excluding carboxylic acids is 1. The molecule has 2 aromatic rings. The van der Waals surface area contributed by atoms with E-state index in [0.29, 0.717) is 22.9 Å². The molecule has 0 fully saturated rings. The second kappa shape index (κ2) is 5.78. The van der Waals surface area contributed by atoms with Crippen LogP contribution >= 0.6 is 0 Å². The first-order chi connectivity index (χ1) is 9.97. The van der Waals surface area contributed by atoms with Crippen LogP contribution in [0.2, 0.25) is 0 Å². The Bertz CT molecular complexity index is 750. The molecule has 0 atom stereocenters. The molecule has 1 aromatic heterocycles. The molecule has 0 N–H and O–H groups in total. The lowest BCUT2D eigenvalue weighted by molar-refractivity contribution is 0.101. The summed E-state index contributed by atoms with van der Waals surface area (Å²) in [6, 6.07) is 6.63. The van der Waals surface area contributed by atoms with Gasteiger partial charge in [-0.3, -0.25) is 9.59 Å². The molecule has 6 heteroatoms. The van der Waals surface area contributed by atoms with Gasteiger partial charge < -0.3 is 9.47 Å². The number of hydrogen-bond donors (Lipinski definition) is 0. The van der Waals surface area contributed by atoms with Gasteiger partial charge in [-0.2, -0.15) is 5.10 Å². The summed E-state index contributed by atoms with van der Waals surface area (Å²) in [5.74, 6) is 0.764. The SMILES string of the molecule is COc1ccc(-n2nc(C(C)=O)c(=O)cc2C)cc1OC. The van der Waals surface area contributed by atoms with Crippen molar-refractivity contribution in [3.8, 4) is 17.2 Å². The van der Waals surface area contributed by atoms with Crippen molar-refractivity contribution in [1.29, 1.82) is 0 Å². The molecule has 110 valence electrons. The maximum Gasteiger partial charge on any atom is 0.211 e. The Morgan fingerprint density at radius 2 is 1.81 bits per heavy atom. The third-order valence-corrected chi connectivity index (χ3v) is 3.05. The summed E-state index contributed by atoms with van der Waals surface area (Å²) in [5, 5.41) is 4.13. The number of ketones is 1. The molecule has 0 amide bonds.